The first-order valence-electron chi connectivity index (χ1n) is 5.84. The lowest BCUT2D eigenvalue weighted by molar-refractivity contribution is -0.136. The Hall–Kier alpha value is -0.970. The lowest BCUT2D eigenvalue weighted by Crippen LogP contribution is -2.33. The Morgan fingerprint density at radius 3 is 2.71 bits per heavy atom. The van der Waals surface area contributed by atoms with E-state index in [4.69, 9.17) is 4.42 Å². The molecule has 0 aliphatic rings. The van der Waals surface area contributed by atoms with E-state index >= 15 is 0 Å². The number of alkyl halides is 3. The molecule has 0 fully saturated rings. The van der Waals surface area contributed by atoms with E-state index in [0.29, 0.717) is 6.42 Å². The average Bonchev–Trinajstić information content (AvgIpc) is 2.73. The zero-order chi connectivity index (χ0) is 12.7. The molecule has 2 nitrogen and oxygen atoms in total. The molecule has 0 aliphatic carbocycles. The fourth-order valence-electron chi connectivity index (χ4n) is 1.63. The third-order valence-electron chi connectivity index (χ3n) is 2.49. The Kier molecular flexibility index (Phi) is 5.55. The molecule has 5 heteroatoms. The molecule has 0 saturated heterocycles. The Morgan fingerprint density at radius 1 is 1.41 bits per heavy atom. The molecule has 0 spiro atoms. The number of hydrogen-bond acceptors (Lipinski definition) is 2. The van der Waals surface area contributed by atoms with Crippen LogP contribution in [0, 0.1) is 0 Å². The molecule has 1 aromatic rings. The molecule has 1 atom stereocenters. The lowest BCUT2D eigenvalue weighted by Gasteiger charge is -2.18. The third-order valence-corrected chi connectivity index (χ3v) is 2.49. The summed E-state index contributed by atoms with van der Waals surface area (Å²) in [6.45, 7) is 2.71. The van der Waals surface area contributed by atoms with Gasteiger partial charge in [0.15, 0.2) is 0 Å². The zero-order valence-corrected chi connectivity index (χ0v) is 9.89. The second-order valence-corrected chi connectivity index (χ2v) is 4.09. The van der Waals surface area contributed by atoms with E-state index in [2.05, 4.69) is 5.32 Å². The first-order valence-corrected chi connectivity index (χ1v) is 5.84. The van der Waals surface area contributed by atoms with Crippen LogP contribution in [0.2, 0.25) is 0 Å². The quantitative estimate of drug-likeness (QED) is 0.799. The summed E-state index contributed by atoms with van der Waals surface area (Å²) in [6.07, 6.45) is -1.81. The maximum absolute atomic E-state index is 12.2. The van der Waals surface area contributed by atoms with Gasteiger partial charge in [0.05, 0.1) is 6.26 Å². The van der Waals surface area contributed by atoms with E-state index < -0.39 is 12.6 Å². The second kappa shape index (κ2) is 6.69. The normalized spacial score (nSPS) is 13.9. The van der Waals surface area contributed by atoms with Gasteiger partial charge < -0.3 is 9.73 Å². The summed E-state index contributed by atoms with van der Waals surface area (Å²) in [6, 6.07) is 3.35. The van der Waals surface area contributed by atoms with Gasteiger partial charge in [-0.3, -0.25) is 0 Å². The van der Waals surface area contributed by atoms with Crippen molar-refractivity contribution in [3.63, 3.8) is 0 Å². The van der Waals surface area contributed by atoms with Crippen LogP contribution in [0.4, 0.5) is 13.2 Å². The van der Waals surface area contributed by atoms with E-state index in [1.165, 1.54) is 6.26 Å². The fourth-order valence-corrected chi connectivity index (χ4v) is 1.63. The number of rotatable bonds is 7. The van der Waals surface area contributed by atoms with Gasteiger partial charge in [0.2, 0.25) is 0 Å². The third kappa shape index (κ3) is 6.36. The standard InChI is InChI=1S/C12H18F3NO/c1-2-7-16-10(5-6-12(13,14)15)9-11-4-3-8-17-11/h3-4,8,10,16H,2,5-7,9H2,1H3. The number of halogens is 3. The monoisotopic (exact) mass is 249 g/mol. The summed E-state index contributed by atoms with van der Waals surface area (Å²) in [4.78, 5) is 0. The van der Waals surface area contributed by atoms with Crippen molar-refractivity contribution in [3.8, 4) is 0 Å². The molecule has 1 aromatic heterocycles. The highest BCUT2D eigenvalue weighted by atomic mass is 19.4. The predicted octanol–water partition coefficient (Wildman–Crippen LogP) is 3.53. The van der Waals surface area contributed by atoms with Crippen LogP contribution in [-0.2, 0) is 6.42 Å². The van der Waals surface area contributed by atoms with E-state index in [1.807, 2.05) is 6.92 Å². The van der Waals surface area contributed by atoms with Crippen LogP contribution in [0.5, 0.6) is 0 Å². The molecule has 1 unspecified atom stereocenters. The van der Waals surface area contributed by atoms with Gasteiger partial charge in [0.1, 0.15) is 5.76 Å². The van der Waals surface area contributed by atoms with Crippen molar-refractivity contribution in [2.45, 2.75) is 44.8 Å². The average molecular weight is 249 g/mol. The Labute approximate surface area is 99.2 Å². The van der Waals surface area contributed by atoms with Crippen molar-refractivity contribution in [1.29, 1.82) is 0 Å². The molecule has 0 bridgehead atoms. The van der Waals surface area contributed by atoms with Crippen LogP contribution in [0.3, 0.4) is 0 Å². The Bertz CT molecular complexity index is 295. The van der Waals surface area contributed by atoms with E-state index in [9.17, 15) is 13.2 Å². The highest BCUT2D eigenvalue weighted by Crippen LogP contribution is 2.23. The maximum atomic E-state index is 12.2. The molecule has 98 valence electrons. The minimum atomic E-state index is -4.09. The van der Waals surface area contributed by atoms with Crippen molar-refractivity contribution < 1.29 is 17.6 Å². The molecule has 17 heavy (non-hydrogen) atoms. The topological polar surface area (TPSA) is 25.2 Å². The first-order chi connectivity index (χ1) is 8.01. The van der Waals surface area contributed by atoms with E-state index in [1.54, 1.807) is 12.1 Å². The minimum Gasteiger partial charge on any atom is -0.469 e. The summed E-state index contributed by atoms with van der Waals surface area (Å²) < 4.78 is 41.7. The van der Waals surface area contributed by atoms with Crippen LogP contribution >= 0.6 is 0 Å². The number of nitrogens with one attached hydrogen (secondary N) is 1. The molecular weight excluding hydrogens is 231 g/mol. The molecule has 0 aliphatic heterocycles. The van der Waals surface area contributed by atoms with Gasteiger partial charge in [-0.15, -0.1) is 0 Å². The lowest BCUT2D eigenvalue weighted by atomic mass is 10.1. The second-order valence-electron chi connectivity index (χ2n) is 4.09. The van der Waals surface area contributed by atoms with Crippen molar-refractivity contribution in [2.75, 3.05) is 6.54 Å². The molecule has 0 radical (unpaired) electrons. The van der Waals surface area contributed by atoms with Gasteiger partial charge in [0, 0.05) is 18.9 Å². The predicted molar refractivity (Wildman–Crippen MR) is 59.8 cm³/mol. The molecule has 0 aromatic carbocycles. The van der Waals surface area contributed by atoms with Gasteiger partial charge in [-0.2, -0.15) is 13.2 Å². The van der Waals surface area contributed by atoms with Crippen LogP contribution in [-0.4, -0.2) is 18.8 Å². The molecule has 1 N–H and O–H groups in total. The van der Waals surface area contributed by atoms with E-state index in [-0.39, 0.29) is 12.5 Å². The Balaban J connectivity index is 2.42. The van der Waals surface area contributed by atoms with Gasteiger partial charge in [-0.25, -0.2) is 0 Å². The van der Waals surface area contributed by atoms with Gasteiger partial charge in [0.25, 0.3) is 0 Å². The van der Waals surface area contributed by atoms with Crippen LogP contribution in [0.15, 0.2) is 22.8 Å². The van der Waals surface area contributed by atoms with E-state index in [0.717, 1.165) is 18.7 Å². The van der Waals surface area contributed by atoms with Crippen LogP contribution in [0.25, 0.3) is 0 Å². The summed E-state index contributed by atoms with van der Waals surface area (Å²) in [5.74, 6) is 0.723. The van der Waals surface area contributed by atoms with Crippen molar-refractivity contribution in [3.05, 3.63) is 24.2 Å². The van der Waals surface area contributed by atoms with Crippen LogP contribution in [0.1, 0.15) is 31.9 Å². The zero-order valence-electron chi connectivity index (χ0n) is 9.89. The summed E-state index contributed by atoms with van der Waals surface area (Å²) >= 11 is 0. The van der Waals surface area contributed by atoms with Crippen molar-refractivity contribution in [2.24, 2.45) is 0 Å². The van der Waals surface area contributed by atoms with Crippen molar-refractivity contribution >= 4 is 0 Å². The first kappa shape index (κ1) is 14.1. The Morgan fingerprint density at radius 2 is 2.18 bits per heavy atom. The SMILES string of the molecule is CCCNC(CCC(F)(F)F)Cc1ccco1. The summed E-state index contributed by atoms with van der Waals surface area (Å²) in [5, 5.41) is 3.12. The number of furan rings is 1. The van der Waals surface area contributed by atoms with Crippen LogP contribution < -0.4 is 5.32 Å². The molecule has 1 heterocycles. The van der Waals surface area contributed by atoms with Gasteiger partial charge in [-0.05, 0) is 31.5 Å². The number of hydrogen-bond donors (Lipinski definition) is 1. The summed E-state index contributed by atoms with van der Waals surface area (Å²) in [5.41, 5.74) is 0. The molecule has 0 saturated carbocycles. The molecular formula is C12H18F3NO. The maximum Gasteiger partial charge on any atom is 0.389 e. The highest BCUT2D eigenvalue weighted by molar-refractivity contribution is 5.00. The molecule has 0 amide bonds. The van der Waals surface area contributed by atoms with Crippen molar-refractivity contribution in [1.82, 2.24) is 5.32 Å². The highest BCUT2D eigenvalue weighted by Gasteiger charge is 2.28. The minimum absolute atomic E-state index is 0.0875. The fraction of sp³-hybridized carbons (Fsp3) is 0.667. The molecule has 1 rings (SSSR count). The summed E-state index contributed by atoms with van der Waals surface area (Å²) in [7, 11) is 0. The van der Waals surface area contributed by atoms with Gasteiger partial charge >= 0.3 is 6.18 Å². The smallest absolute Gasteiger partial charge is 0.389 e. The largest absolute Gasteiger partial charge is 0.469 e. The van der Waals surface area contributed by atoms with Gasteiger partial charge in [-0.1, -0.05) is 6.92 Å².